The first kappa shape index (κ1) is 12.7. The molecular weight excluding hydrogens is 230 g/mol. The summed E-state index contributed by atoms with van der Waals surface area (Å²) in [5.74, 6) is 0.604. The number of hydrogen-bond donors (Lipinski definition) is 1. The lowest BCUT2D eigenvalue weighted by atomic mass is 10.2. The van der Waals surface area contributed by atoms with Gasteiger partial charge in [0.15, 0.2) is 0 Å². The van der Waals surface area contributed by atoms with Crippen molar-refractivity contribution < 1.29 is 9.47 Å². The van der Waals surface area contributed by atoms with Crippen molar-refractivity contribution in [1.82, 2.24) is 9.97 Å². The van der Waals surface area contributed by atoms with E-state index in [1.807, 2.05) is 30.5 Å². The molecule has 1 unspecified atom stereocenters. The fraction of sp³-hybridized carbons (Fsp3) is 0.385. The van der Waals surface area contributed by atoms with Crippen LogP contribution < -0.4 is 5.32 Å². The molecular formula is C13H17N3O2. The van der Waals surface area contributed by atoms with Gasteiger partial charge in [-0.25, -0.2) is 9.97 Å². The maximum Gasteiger partial charge on any atom is 0.223 e. The summed E-state index contributed by atoms with van der Waals surface area (Å²) in [4.78, 5) is 8.68. The van der Waals surface area contributed by atoms with Crippen LogP contribution in [0.15, 0.2) is 30.5 Å². The standard InChI is InChI=1S/C13H17N3O2/c1-17-9-11(18-2)8-15-13-14-7-10-5-3-4-6-12(10)16-13/h3-7,11H,8-9H2,1-2H3,(H,14,15,16). The Hall–Kier alpha value is -1.72. The summed E-state index contributed by atoms with van der Waals surface area (Å²) < 4.78 is 10.3. The topological polar surface area (TPSA) is 56.3 Å². The van der Waals surface area contributed by atoms with E-state index in [4.69, 9.17) is 9.47 Å². The molecule has 0 radical (unpaired) electrons. The van der Waals surface area contributed by atoms with E-state index in [1.165, 1.54) is 0 Å². The largest absolute Gasteiger partial charge is 0.382 e. The predicted octanol–water partition coefficient (Wildman–Crippen LogP) is 1.70. The van der Waals surface area contributed by atoms with E-state index in [0.29, 0.717) is 19.1 Å². The Morgan fingerprint density at radius 1 is 1.28 bits per heavy atom. The van der Waals surface area contributed by atoms with Crippen LogP contribution in [-0.4, -0.2) is 43.4 Å². The first-order valence-electron chi connectivity index (χ1n) is 5.81. The van der Waals surface area contributed by atoms with Crippen molar-refractivity contribution in [2.45, 2.75) is 6.10 Å². The molecule has 0 amide bonds. The van der Waals surface area contributed by atoms with E-state index in [0.717, 1.165) is 10.9 Å². The lowest BCUT2D eigenvalue weighted by molar-refractivity contribution is 0.0365. The molecule has 1 N–H and O–H groups in total. The first-order chi connectivity index (χ1) is 8.83. The number of ether oxygens (including phenoxy) is 2. The van der Waals surface area contributed by atoms with Gasteiger partial charge in [-0.05, 0) is 6.07 Å². The van der Waals surface area contributed by atoms with Crippen LogP contribution in [-0.2, 0) is 9.47 Å². The van der Waals surface area contributed by atoms with Gasteiger partial charge in [-0.3, -0.25) is 0 Å². The van der Waals surface area contributed by atoms with Crippen LogP contribution in [0.25, 0.3) is 10.9 Å². The molecule has 0 aliphatic rings. The van der Waals surface area contributed by atoms with Crippen molar-refractivity contribution in [3.05, 3.63) is 30.5 Å². The van der Waals surface area contributed by atoms with Crippen LogP contribution in [0.4, 0.5) is 5.95 Å². The molecule has 18 heavy (non-hydrogen) atoms. The van der Waals surface area contributed by atoms with Crippen molar-refractivity contribution in [1.29, 1.82) is 0 Å². The minimum absolute atomic E-state index is 0.00919. The summed E-state index contributed by atoms with van der Waals surface area (Å²) in [5, 5.41) is 4.18. The van der Waals surface area contributed by atoms with Crippen molar-refractivity contribution in [2.75, 3.05) is 32.7 Å². The van der Waals surface area contributed by atoms with Gasteiger partial charge < -0.3 is 14.8 Å². The minimum atomic E-state index is -0.00919. The van der Waals surface area contributed by atoms with Gasteiger partial charge in [0.25, 0.3) is 0 Å². The van der Waals surface area contributed by atoms with Crippen LogP contribution in [0.1, 0.15) is 0 Å². The zero-order valence-corrected chi connectivity index (χ0v) is 10.6. The zero-order valence-electron chi connectivity index (χ0n) is 10.6. The molecule has 0 spiro atoms. The normalized spacial score (nSPS) is 12.6. The number of nitrogens with zero attached hydrogens (tertiary/aromatic N) is 2. The molecule has 1 aromatic carbocycles. The highest BCUT2D eigenvalue weighted by molar-refractivity contribution is 5.78. The summed E-state index contributed by atoms with van der Waals surface area (Å²) in [7, 11) is 3.31. The molecule has 5 nitrogen and oxygen atoms in total. The maximum absolute atomic E-state index is 5.26. The Morgan fingerprint density at radius 2 is 2.11 bits per heavy atom. The van der Waals surface area contributed by atoms with Gasteiger partial charge >= 0.3 is 0 Å². The molecule has 96 valence electrons. The average molecular weight is 247 g/mol. The van der Waals surface area contributed by atoms with Gasteiger partial charge in [0.1, 0.15) is 0 Å². The van der Waals surface area contributed by atoms with Gasteiger partial charge in [-0.15, -0.1) is 0 Å². The van der Waals surface area contributed by atoms with Gasteiger partial charge in [0.2, 0.25) is 5.95 Å². The first-order valence-corrected chi connectivity index (χ1v) is 5.81. The second-order valence-corrected chi connectivity index (χ2v) is 3.95. The van der Waals surface area contributed by atoms with Crippen LogP contribution in [0.3, 0.4) is 0 Å². The Labute approximate surface area is 106 Å². The molecule has 0 aliphatic heterocycles. The van der Waals surface area contributed by atoms with Crippen LogP contribution in [0.2, 0.25) is 0 Å². The number of benzene rings is 1. The molecule has 2 aromatic rings. The van der Waals surface area contributed by atoms with Crippen molar-refractivity contribution >= 4 is 16.9 Å². The summed E-state index contributed by atoms with van der Waals surface area (Å²) >= 11 is 0. The summed E-state index contributed by atoms with van der Waals surface area (Å²) in [6.45, 7) is 1.15. The Kier molecular flexibility index (Phi) is 4.44. The number of para-hydroxylation sites is 1. The molecule has 0 aliphatic carbocycles. The van der Waals surface area contributed by atoms with Gasteiger partial charge in [0.05, 0.1) is 18.2 Å². The monoisotopic (exact) mass is 247 g/mol. The highest BCUT2D eigenvalue weighted by atomic mass is 16.5. The van der Waals surface area contributed by atoms with Crippen LogP contribution >= 0.6 is 0 Å². The zero-order chi connectivity index (χ0) is 12.8. The second kappa shape index (κ2) is 6.28. The molecule has 0 bridgehead atoms. The number of methoxy groups -OCH3 is 2. The summed E-state index contributed by atoms with van der Waals surface area (Å²) in [5.41, 5.74) is 0.927. The fourth-order valence-electron chi connectivity index (χ4n) is 1.66. The fourth-order valence-corrected chi connectivity index (χ4v) is 1.66. The predicted molar refractivity (Wildman–Crippen MR) is 70.7 cm³/mol. The van der Waals surface area contributed by atoms with E-state index in [1.54, 1.807) is 14.2 Å². The SMILES string of the molecule is COCC(CNc1ncc2ccccc2n1)OC. The lowest BCUT2D eigenvalue weighted by Gasteiger charge is -2.14. The van der Waals surface area contributed by atoms with Gasteiger partial charge in [-0.2, -0.15) is 0 Å². The van der Waals surface area contributed by atoms with Crippen molar-refractivity contribution in [3.63, 3.8) is 0 Å². The molecule has 0 saturated heterocycles. The highest BCUT2D eigenvalue weighted by Crippen LogP contribution is 2.11. The average Bonchev–Trinajstić information content (AvgIpc) is 2.43. The van der Waals surface area contributed by atoms with E-state index in [2.05, 4.69) is 15.3 Å². The third-order valence-corrected chi connectivity index (χ3v) is 2.66. The van der Waals surface area contributed by atoms with Crippen molar-refractivity contribution in [2.24, 2.45) is 0 Å². The number of fused-ring (bicyclic) bond motifs is 1. The Bertz CT molecular complexity index is 504. The molecule has 1 heterocycles. The molecule has 1 aromatic heterocycles. The maximum atomic E-state index is 5.26. The number of hydrogen-bond acceptors (Lipinski definition) is 5. The molecule has 5 heteroatoms. The molecule has 1 atom stereocenters. The third kappa shape index (κ3) is 3.15. The molecule has 0 saturated carbocycles. The Morgan fingerprint density at radius 3 is 2.89 bits per heavy atom. The number of nitrogens with one attached hydrogen (secondary N) is 1. The summed E-state index contributed by atoms with van der Waals surface area (Å²) in [6.07, 6.45) is 1.80. The number of anilines is 1. The van der Waals surface area contributed by atoms with Crippen molar-refractivity contribution in [3.8, 4) is 0 Å². The second-order valence-electron chi connectivity index (χ2n) is 3.95. The van der Waals surface area contributed by atoms with Crippen LogP contribution in [0.5, 0.6) is 0 Å². The molecule has 0 fully saturated rings. The van der Waals surface area contributed by atoms with Gasteiger partial charge in [-0.1, -0.05) is 18.2 Å². The number of rotatable bonds is 6. The summed E-state index contributed by atoms with van der Waals surface area (Å²) in [6, 6.07) is 7.88. The van der Waals surface area contributed by atoms with E-state index in [9.17, 15) is 0 Å². The highest BCUT2D eigenvalue weighted by Gasteiger charge is 2.07. The minimum Gasteiger partial charge on any atom is -0.382 e. The molecule has 2 rings (SSSR count). The van der Waals surface area contributed by atoms with Gasteiger partial charge in [0, 0.05) is 32.3 Å². The quantitative estimate of drug-likeness (QED) is 0.842. The lowest BCUT2D eigenvalue weighted by Crippen LogP contribution is -2.27. The van der Waals surface area contributed by atoms with E-state index in [-0.39, 0.29) is 6.10 Å². The van der Waals surface area contributed by atoms with E-state index >= 15 is 0 Å². The third-order valence-electron chi connectivity index (χ3n) is 2.66. The Balaban J connectivity index is 2.03. The van der Waals surface area contributed by atoms with Crippen LogP contribution in [0, 0.1) is 0 Å². The van der Waals surface area contributed by atoms with E-state index < -0.39 is 0 Å². The smallest absolute Gasteiger partial charge is 0.223 e. The number of aromatic nitrogens is 2.